The van der Waals surface area contributed by atoms with Crippen LogP contribution >= 0.6 is 0 Å². The molecule has 39 heavy (non-hydrogen) atoms. The predicted octanol–water partition coefficient (Wildman–Crippen LogP) is 7.92. The van der Waals surface area contributed by atoms with Crippen molar-refractivity contribution < 1.29 is 19.7 Å². The van der Waals surface area contributed by atoms with Crippen LogP contribution in [0.25, 0.3) is 22.3 Å². The van der Waals surface area contributed by atoms with Crippen LogP contribution in [0.2, 0.25) is 0 Å². The molecule has 5 heteroatoms. The number of rotatable bonds is 9. The Balaban J connectivity index is 1.47. The monoisotopic (exact) mass is 517 g/mol. The number of anilines is 3. The fourth-order valence-corrected chi connectivity index (χ4v) is 4.48. The van der Waals surface area contributed by atoms with Crippen LogP contribution in [0, 0.1) is 0 Å². The molecule has 0 saturated carbocycles. The number of hydrogen-bond acceptors (Lipinski definition) is 5. The quantitative estimate of drug-likeness (QED) is 0.194. The molecule has 196 valence electrons. The molecule has 2 unspecified atom stereocenters. The van der Waals surface area contributed by atoms with Crippen LogP contribution in [0.5, 0.6) is 11.5 Å². The average Bonchev–Trinajstić information content (AvgIpc) is 2.95. The molecule has 0 heterocycles. The van der Waals surface area contributed by atoms with Crippen LogP contribution in [0.15, 0.2) is 127 Å². The minimum absolute atomic E-state index is 0.603. The van der Waals surface area contributed by atoms with E-state index in [1.54, 1.807) is 13.8 Å². The Morgan fingerprint density at radius 3 is 1.13 bits per heavy atom. The molecule has 2 N–H and O–H groups in total. The Morgan fingerprint density at radius 1 is 0.436 bits per heavy atom. The van der Waals surface area contributed by atoms with Gasteiger partial charge >= 0.3 is 0 Å². The Morgan fingerprint density at radius 2 is 0.744 bits per heavy atom. The van der Waals surface area contributed by atoms with Gasteiger partial charge in [-0.15, -0.1) is 0 Å². The molecule has 0 fully saturated rings. The van der Waals surface area contributed by atoms with Crippen molar-refractivity contribution in [2.45, 2.75) is 26.4 Å². The van der Waals surface area contributed by atoms with Crippen molar-refractivity contribution >= 4 is 17.1 Å². The second kappa shape index (κ2) is 11.9. The third-order valence-corrected chi connectivity index (χ3v) is 6.25. The zero-order valence-corrected chi connectivity index (χ0v) is 21.9. The van der Waals surface area contributed by atoms with Crippen molar-refractivity contribution in [2.24, 2.45) is 0 Å². The van der Waals surface area contributed by atoms with Gasteiger partial charge in [-0.25, -0.2) is 0 Å². The standard InChI is InChI=1S/C34H31NO4/c1-24(36)38-33-20-12-29(13-21-33)28-10-16-31(17-11-28)35(32-18-22-34(23-19-32)39-25(2)37)30-14-8-27(9-15-30)26-6-4-3-5-7-26/h3-25,36-37H,1-2H3. The first-order valence-electron chi connectivity index (χ1n) is 12.9. The summed E-state index contributed by atoms with van der Waals surface area (Å²) in [4.78, 5) is 2.18. The van der Waals surface area contributed by atoms with Crippen molar-refractivity contribution in [3.63, 3.8) is 0 Å². The fraction of sp³-hybridized carbons (Fsp3) is 0.118. The normalized spacial score (nSPS) is 12.4. The number of nitrogens with zero attached hydrogens (tertiary/aromatic N) is 1. The first-order chi connectivity index (χ1) is 19.0. The lowest BCUT2D eigenvalue weighted by Gasteiger charge is -2.26. The van der Waals surface area contributed by atoms with Crippen LogP contribution in [0.3, 0.4) is 0 Å². The van der Waals surface area contributed by atoms with Gasteiger partial charge in [0.2, 0.25) is 0 Å². The summed E-state index contributed by atoms with van der Waals surface area (Å²) in [6, 6.07) is 42.6. The predicted molar refractivity (Wildman–Crippen MR) is 157 cm³/mol. The lowest BCUT2D eigenvalue weighted by atomic mass is 10.0. The molecule has 5 nitrogen and oxygen atoms in total. The average molecular weight is 518 g/mol. The number of aliphatic hydroxyl groups is 2. The van der Waals surface area contributed by atoms with Gasteiger partial charge in [0.1, 0.15) is 11.5 Å². The summed E-state index contributed by atoms with van der Waals surface area (Å²) in [5.74, 6) is 1.23. The lowest BCUT2D eigenvalue weighted by molar-refractivity contribution is -0.000869. The zero-order valence-electron chi connectivity index (χ0n) is 21.9. The highest BCUT2D eigenvalue weighted by atomic mass is 16.6. The molecule has 0 aromatic heterocycles. The molecule has 0 aliphatic rings. The number of benzene rings is 5. The molecule has 0 aliphatic carbocycles. The molecule has 5 aromatic carbocycles. The highest BCUT2D eigenvalue weighted by Crippen LogP contribution is 2.37. The highest BCUT2D eigenvalue weighted by Gasteiger charge is 2.14. The molecule has 0 aliphatic heterocycles. The van der Waals surface area contributed by atoms with Crippen LogP contribution in [0.4, 0.5) is 17.1 Å². The summed E-state index contributed by atoms with van der Waals surface area (Å²) in [5, 5.41) is 19.0. The maximum absolute atomic E-state index is 9.58. The number of aliphatic hydroxyl groups excluding tert-OH is 2. The molecule has 5 rings (SSSR count). The van der Waals surface area contributed by atoms with Crippen LogP contribution < -0.4 is 14.4 Å². The van der Waals surface area contributed by atoms with E-state index in [1.807, 2.05) is 66.7 Å². The Labute approximate surface area is 229 Å². The van der Waals surface area contributed by atoms with E-state index in [1.165, 1.54) is 5.56 Å². The molecule has 0 amide bonds. The zero-order chi connectivity index (χ0) is 27.2. The third-order valence-electron chi connectivity index (χ3n) is 6.25. The fourth-order valence-electron chi connectivity index (χ4n) is 4.48. The van der Waals surface area contributed by atoms with Crippen molar-refractivity contribution in [1.82, 2.24) is 0 Å². The van der Waals surface area contributed by atoms with Crippen molar-refractivity contribution in [2.75, 3.05) is 4.90 Å². The molecule has 0 spiro atoms. The molecule has 0 radical (unpaired) electrons. The van der Waals surface area contributed by atoms with Gasteiger partial charge in [-0.1, -0.05) is 66.7 Å². The first kappa shape index (κ1) is 26.0. The molecule has 0 saturated heterocycles. The van der Waals surface area contributed by atoms with E-state index < -0.39 is 12.6 Å². The second-order valence-electron chi connectivity index (χ2n) is 9.25. The van der Waals surface area contributed by atoms with Gasteiger partial charge in [0.05, 0.1) is 0 Å². The van der Waals surface area contributed by atoms with Crippen LogP contribution in [-0.2, 0) is 0 Å². The van der Waals surface area contributed by atoms with E-state index in [9.17, 15) is 10.2 Å². The largest absolute Gasteiger partial charge is 0.465 e. The minimum Gasteiger partial charge on any atom is -0.465 e. The highest BCUT2D eigenvalue weighted by molar-refractivity contribution is 5.80. The Hall–Kier alpha value is -4.58. The van der Waals surface area contributed by atoms with Gasteiger partial charge in [0.15, 0.2) is 12.6 Å². The summed E-state index contributed by atoms with van der Waals surface area (Å²) in [6.45, 7) is 3.17. The molecular formula is C34H31NO4. The summed E-state index contributed by atoms with van der Waals surface area (Å²) < 4.78 is 10.8. The van der Waals surface area contributed by atoms with E-state index in [0.717, 1.165) is 33.8 Å². The lowest BCUT2D eigenvalue weighted by Crippen LogP contribution is -2.11. The summed E-state index contributed by atoms with van der Waals surface area (Å²) in [5.41, 5.74) is 7.44. The smallest absolute Gasteiger partial charge is 0.194 e. The van der Waals surface area contributed by atoms with Crippen LogP contribution in [-0.4, -0.2) is 22.8 Å². The van der Waals surface area contributed by atoms with E-state index in [4.69, 9.17) is 9.47 Å². The van der Waals surface area contributed by atoms with Crippen molar-refractivity contribution in [1.29, 1.82) is 0 Å². The third kappa shape index (κ3) is 6.47. The van der Waals surface area contributed by atoms with Crippen molar-refractivity contribution in [3.05, 3.63) is 127 Å². The van der Waals surface area contributed by atoms with E-state index >= 15 is 0 Å². The minimum atomic E-state index is -0.877. The van der Waals surface area contributed by atoms with Gasteiger partial charge < -0.3 is 24.6 Å². The summed E-state index contributed by atoms with van der Waals surface area (Å²) >= 11 is 0. The maximum atomic E-state index is 9.58. The maximum Gasteiger partial charge on any atom is 0.194 e. The number of ether oxygens (including phenoxy) is 2. The summed E-state index contributed by atoms with van der Waals surface area (Å²) in [6.07, 6.45) is -1.73. The topological polar surface area (TPSA) is 62.2 Å². The molecular weight excluding hydrogens is 486 g/mol. The second-order valence-corrected chi connectivity index (χ2v) is 9.25. The van der Waals surface area contributed by atoms with E-state index in [0.29, 0.717) is 11.5 Å². The van der Waals surface area contributed by atoms with Crippen molar-refractivity contribution in [3.8, 4) is 33.8 Å². The van der Waals surface area contributed by atoms with Gasteiger partial charge in [0, 0.05) is 17.1 Å². The van der Waals surface area contributed by atoms with E-state index in [2.05, 4.69) is 65.6 Å². The summed E-state index contributed by atoms with van der Waals surface area (Å²) in [7, 11) is 0. The van der Waals surface area contributed by atoms with Gasteiger partial charge in [-0.05, 0) is 96.8 Å². The van der Waals surface area contributed by atoms with E-state index in [-0.39, 0.29) is 0 Å². The van der Waals surface area contributed by atoms with Gasteiger partial charge in [0.25, 0.3) is 0 Å². The van der Waals surface area contributed by atoms with Gasteiger partial charge in [-0.3, -0.25) is 0 Å². The first-order valence-corrected chi connectivity index (χ1v) is 12.9. The van der Waals surface area contributed by atoms with Gasteiger partial charge in [-0.2, -0.15) is 0 Å². The molecule has 5 aromatic rings. The molecule has 0 bridgehead atoms. The Kier molecular flexibility index (Phi) is 7.92. The Bertz CT molecular complexity index is 1460. The number of hydrogen-bond donors (Lipinski definition) is 2. The van der Waals surface area contributed by atoms with Crippen LogP contribution in [0.1, 0.15) is 13.8 Å². The SMILES string of the molecule is CC(O)Oc1ccc(-c2ccc(N(c3ccc(OC(C)O)cc3)c3ccc(-c4ccccc4)cc3)cc2)cc1. The molecule has 2 atom stereocenters.